The summed E-state index contributed by atoms with van der Waals surface area (Å²) in [6.45, 7) is 4.93. The maximum Gasteiger partial charge on any atom is 0.105 e. The minimum absolute atomic E-state index is 0.331. The maximum absolute atomic E-state index is 6.37. The van der Waals surface area contributed by atoms with Gasteiger partial charge >= 0.3 is 0 Å². The van der Waals surface area contributed by atoms with Gasteiger partial charge in [0.25, 0.3) is 0 Å². The van der Waals surface area contributed by atoms with E-state index in [1.165, 1.54) is 0 Å². The van der Waals surface area contributed by atoms with Crippen molar-refractivity contribution in [3.05, 3.63) is 60.1 Å². The van der Waals surface area contributed by atoms with E-state index in [1.807, 2.05) is 30.3 Å². The molecule has 1 aromatic carbocycles. The highest BCUT2D eigenvalue weighted by Gasteiger charge is 2.21. The summed E-state index contributed by atoms with van der Waals surface area (Å²) in [4.78, 5) is 0. The van der Waals surface area contributed by atoms with Gasteiger partial charge in [0.2, 0.25) is 0 Å². The second-order valence-electron chi connectivity index (χ2n) is 5.35. The first-order valence-electron chi connectivity index (χ1n) is 6.68. The monoisotopic (exact) mass is 258 g/mol. The fourth-order valence-electron chi connectivity index (χ4n) is 2.11. The predicted molar refractivity (Wildman–Crippen MR) is 77.9 cm³/mol. The number of benzene rings is 1. The number of nitrogens with two attached hydrogens (primary N) is 1. The lowest BCUT2D eigenvalue weighted by Gasteiger charge is -2.27. The van der Waals surface area contributed by atoms with Crippen molar-refractivity contribution >= 4 is 0 Å². The van der Waals surface area contributed by atoms with Crippen LogP contribution in [0, 0.1) is 0 Å². The predicted octanol–water partition coefficient (Wildman–Crippen LogP) is 2.67. The van der Waals surface area contributed by atoms with Gasteiger partial charge in [-0.3, -0.25) is 0 Å². The van der Waals surface area contributed by atoms with Crippen LogP contribution in [0.1, 0.15) is 25.2 Å². The molecule has 0 fully saturated rings. The Bertz CT molecular complexity index is 477. The lowest BCUT2D eigenvalue weighted by Crippen LogP contribution is -2.46. The standard InChI is InChI=1S/C16H22N2O/c1-13(11-15-9-6-10-19-15)18-12-16(2,17)14-7-4-3-5-8-14/h3-10,13,18H,11-12,17H2,1-2H3. The molecule has 0 aliphatic carbocycles. The Kier molecular flexibility index (Phi) is 4.40. The summed E-state index contributed by atoms with van der Waals surface area (Å²) >= 11 is 0. The minimum Gasteiger partial charge on any atom is -0.469 e. The second kappa shape index (κ2) is 6.04. The molecule has 0 aliphatic rings. The molecule has 0 saturated carbocycles. The molecule has 1 heterocycles. The molecular formula is C16H22N2O. The molecule has 3 N–H and O–H groups in total. The van der Waals surface area contributed by atoms with Gasteiger partial charge < -0.3 is 15.5 Å². The third-order valence-electron chi connectivity index (χ3n) is 3.34. The molecular weight excluding hydrogens is 236 g/mol. The van der Waals surface area contributed by atoms with Gasteiger partial charge in [-0.25, -0.2) is 0 Å². The first-order chi connectivity index (χ1) is 9.08. The molecule has 2 rings (SSSR count). The van der Waals surface area contributed by atoms with E-state index in [4.69, 9.17) is 10.2 Å². The van der Waals surface area contributed by atoms with Crippen molar-refractivity contribution in [3.63, 3.8) is 0 Å². The largest absolute Gasteiger partial charge is 0.469 e. The van der Waals surface area contributed by atoms with E-state index in [0.29, 0.717) is 6.04 Å². The molecule has 102 valence electrons. The Morgan fingerprint density at radius 2 is 1.95 bits per heavy atom. The van der Waals surface area contributed by atoms with E-state index in [9.17, 15) is 0 Å². The highest BCUT2D eigenvalue weighted by Crippen LogP contribution is 2.16. The van der Waals surface area contributed by atoms with Gasteiger partial charge in [-0.05, 0) is 31.5 Å². The van der Waals surface area contributed by atoms with Gasteiger partial charge in [0, 0.05) is 19.0 Å². The van der Waals surface area contributed by atoms with Crippen molar-refractivity contribution in [1.29, 1.82) is 0 Å². The van der Waals surface area contributed by atoms with E-state index < -0.39 is 0 Å². The van der Waals surface area contributed by atoms with Crippen molar-refractivity contribution in [2.24, 2.45) is 5.73 Å². The molecule has 0 saturated heterocycles. The number of hydrogen-bond donors (Lipinski definition) is 2. The van der Waals surface area contributed by atoms with Crippen molar-refractivity contribution in [2.45, 2.75) is 31.8 Å². The van der Waals surface area contributed by atoms with Crippen molar-refractivity contribution in [2.75, 3.05) is 6.54 Å². The Morgan fingerprint density at radius 1 is 1.21 bits per heavy atom. The summed E-state index contributed by atoms with van der Waals surface area (Å²) in [6.07, 6.45) is 2.58. The number of rotatable bonds is 6. The zero-order valence-corrected chi connectivity index (χ0v) is 11.6. The molecule has 0 bridgehead atoms. The van der Waals surface area contributed by atoms with E-state index >= 15 is 0 Å². The lowest BCUT2D eigenvalue weighted by molar-refractivity contribution is 0.394. The summed E-state index contributed by atoms with van der Waals surface area (Å²) in [6, 6.07) is 14.4. The highest BCUT2D eigenvalue weighted by molar-refractivity contribution is 5.23. The van der Waals surface area contributed by atoms with E-state index in [-0.39, 0.29) is 5.54 Å². The topological polar surface area (TPSA) is 51.2 Å². The van der Waals surface area contributed by atoms with E-state index in [1.54, 1.807) is 6.26 Å². The van der Waals surface area contributed by atoms with Gasteiger partial charge in [0.05, 0.1) is 11.8 Å². The average Bonchev–Trinajstić information content (AvgIpc) is 2.90. The first kappa shape index (κ1) is 13.8. The van der Waals surface area contributed by atoms with Crippen molar-refractivity contribution in [3.8, 4) is 0 Å². The number of hydrogen-bond acceptors (Lipinski definition) is 3. The molecule has 0 spiro atoms. The molecule has 3 heteroatoms. The summed E-state index contributed by atoms with van der Waals surface area (Å²) in [5.41, 5.74) is 7.16. The third-order valence-corrected chi connectivity index (χ3v) is 3.34. The fraction of sp³-hybridized carbons (Fsp3) is 0.375. The van der Waals surface area contributed by atoms with Crippen LogP contribution in [-0.4, -0.2) is 12.6 Å². The minimum atomic E-state index is -0.362. The third kappa shape index (κ3) is 3.94. The summed E-state index contributed by atoms with van der Waals surface area (Å²) < 4.78 is 5.35. The smallest absolute Gasteiger partial charge is 0.105 e. The van der Waals surface area contributed by atoms with Gasteiger partial charge in [-0.15, -0.1) is 0 Å². The second-order valence-corrected chi connectivity index (χ2v) is 5.35. The zero-order valence-electron chi connectivity index (χ0n) is 11.6. The van der Waals surface area contributed by atoms with Crippen LogP contribution >= 0.6 is 0 Å². The molecule has 2 unspecified atom stereocenters. The van der Waals surface area contributed by atoms with Crippen LogP contribution in [0.25, 0.3) is 0 Å². The van der Waals surface area contributed by atoms with E-state index in [2.05, 4.69) is 31.3 Å². The zero-order chi connectivity index (χ0) is 13.7. The fourth-order valence-corrected chi connectivity index (χ4v) is 2.11. The Labute approximate surface area is 114 Å². The summed E-state index contributed by atoms with van der Waals surface area (Å²) in [7, 11) is 0. The van der Waals surface area contributed by atoms with Crippen LogP contribution in [0.2, 0.25) is 0 Å². The molecule has 1 aromatic heterocycles. The van der Waals surface area contributed by atoms with Crippen LogP contribution in [0.5, 0.6) is 0 Å². The molecule has 0 aliphatic heterocycles. The average molecular weight is 258 g/mol. The van der Waals surface area contributed by atoms with Crippen molar-refractivity contribution in [1.82, 2.24) is 5.32 Å². The van der Waals surface area contributed by atoms with Crippen LogP contribution in [0.15, 0.2) is 53.1 Å². The Balaban J connectivity index is 1.87. The molecule has 0 radical (unpaired) electrons. The van der Waals surface area contributed by atoms with E-state index in [0.717, 1.165) is 24.3 Å². The quantitative estimate of drug-likeness (QED) is 0.837. The lowest BCUT2D eigenvalue weighted by atomic mass is 9.93. The number of nitrogens with one attached hydrogen (secondary N) is 1. The first-order valence-corrected chi connectivity index (χ1v) is 6.68. The maximum atomic E-state index is 6.37. The SMILES string of the molecule is CC(Cc1ccco1)NCC(C)(N)c1ccccc1. The summed E-state index contributed by atoms with van der Waals surface area (Å²) in [5.74, 6) is 0.999. The van der Waals surface area contributed by atoms with Crippen LogP contribution in [0.4, 0.5) is 0 Å². The van der Waals surface area contributed by atoms with Gasteiger partial charge in [-0.1, -0.05) is 30.3 Å². The van der Waals surface area contributed by atoms with Gasteiger partial charge in [-0.2, -0.15) is 0 Å². The Hall–Kier alpha value is -1.58. The van der Waals surface area contributed by atoms with Gasteiger partial charge in [0.15, 0.2) is 0 Å². The Morgan fingerprint density at radius 3 is 2.58 bits per heavy atom. The van der Waals surface area contributed by atoms with Crippen LogP contribution < -0.4 is 11.1 Å². The molecule has 3 nitrogen and oxygen atoms in total. The van der Waals surface area contributed by atoms with Crippen LogP contribution in [0.3, 0.4) is 0 Å². The number of furan rings is 1. The van der Waals surface area contributed by atoms with Gasteiger partial charge in [0.1, 0.15) is 5.76 Å². The molecule has 0 amide bonds. The molecule has 19 heavy (non-hydrogen) atoms. The summed E-state index contributed by atoms with van der Waals surface area (Å²) in [5, 5.41) is 3.47. The van der Waals surface area contributed by atoms with Crippen LogP contribution in [-0.2, 0) is 12.0 Å². The molecule has 2 atom stereocenters. The molecule has 2 aromatic rings. The van der Waals surface area contributed by atoms with Crippen molar-refractivity contribution < 1.29 is 4.42 Å². The highest BCUT2D eigenvalue weighted by atomic mass is 16.3. The normalized spacial score (nSPS) is 15.9.